The average Bonchev–Trinajstić information content (AvgIpc) is 2.69. The fourth-order valence-corrected chi connectivity index (χ4v) is 1.99. The summed E-state index contributed by atoms with van der Waals surface area (Å²) in [6.45, 7) is 6.00. The number of nitrogens with zero attached hydrogens (tertiary/aromatic N) is 1. The molecule has 2 rings (SSSR count). The van der Waals surface area contributed by atoms with Gasteiger partial charge in [-0.2, -0.15) is 0 Å². The fraction of sp³-hybridized carbons (Fsp3) is 0.286. The van der Waals surface area contributed by atoms with Gasteiger partial charge in [-0.15, -0.1) is 0 Å². The third kappa shape index (κ3) is 3.23. The van der Waals surface area contributed by atoms with Crippen LogP contribution < -0.4 is 5.32 Å². The van der Waals surface area contributed by atoms with Crippen molar-refractivity contribution in [3.05, 3.63) is 51.1 Å². The van der Waals surface area contributed by atoms with E-state index in [1.54, 1.807) is 12.1 Å². The molecular formula is C14H15BrN2O2. The minimum Gasteiger partial charge on any atom is -0.444 e. The first kappa shape index (κ1) is 13.8. The lowest BCUT2D eigenvalue weighted by atomic mass is 10.1. The molecule has 2 aromatic rings. The van der Waals surface area contributed by atoms with Crippen molar-refractivity contribution < 1.29 is 9.21 Å². The van der Waals surface area contributed by atoms with Crippen molar-refractivity contribution in [3.63, 3.8) is 0 Å². The largest absolute Gasteiger partial charge is 0.444 e. The maximum atomic E-state index is 12.0. The van der Waals surface area contributed by atoms with Gasteiger partial charge in [0.05, 0.1) is 12.2 Å². The standard InChI is InChI=1S/C14H15BrN2O2/c1-8-4-5-11(6-12(8)15)14(18)16-7-13-17-9(2)10(3)19-13/h4-6H,7H2,1-3H3,(H,16,18). The van der Waals surface area contributed by atoms with Gasteiger partial charge in [0.2, 0.25) is 5.89 Å². The molecule has 0 aliphatic heterocycles. The zero-order chi connectivity index (χ0) is 14.0. The zero-order valence-electron chi connectivity index (χ0n) is 11.1. The van der Waals surface area contributed by atoms with E-state index in [0.717, 1.165) is 21.5 Å². The lowest BCUT2D eigenvalue weighted by Crippen LogP contribution is -2.23. The third-order valence-electron chi connectivity index (χ3n) is 2.91. The van der Waals surface area contributed by atoms with Crippen LogP contribution in [-0.4, -0.2) is 10.9 Å². The van der Waals surface area contributed by atoms with Gasteiger partial charge in [0.25, 0.3) is 5.91 Å². The summed E-state index contributed by atoms with van der Waals surface area (Å²) < 4.78 is 6.33. The Hall–Kier alpha value is -1.62. The molecule has 1 aromatic carbocycles. The lowest BCUT2D eigenvalue weighted by Gasteiger charge is -2.04. The number of aryl methyl sites for hydroxylation is 3. The van der Waals surface area contributed by atoms with Gasteiger partial charge in [-0.1, -0.05) is 22.0 Å². The Morgan fingerprint density at radius 1 is 1.37 bits per heavy atom. The van der Waals surface area contributed by atoms with Crippen LogP contribution >= 0.6 is 15.9 Å². The minimum absolute atomic E-state index is 0.144. The number of oxazole rings is 1. The van der Waals surface area contributed by atoms with E-state index in [1.807, 2.05) is 26.8 Å². The van der Waals surface area contributed by atoms with Crippen LogP contribution in [0.5, 0.6) is 0 Å². The molecule has 0 unspecified atom stereocenters. The van der Waals surface area contributed by atoms with E-state index < -0.39 is 0 Å². The molecule has 1 amide bonds. The van der Waals surface area contributed by atoms with Crippen LogP contribution in [0.1, 0.15) is 33.3 Å². The Balaban J connectivity index is 2.03. The monoisotopic (exact) mass is 322 g/mol. The summed E-state index contributed by atoms with van der Waals surface area (Å²) in [6.07, 6.45) is 0. The molecule has 0 fully saturated rings. The zero-order valence-corrected chi connectivity index (χ0v) is 12.7. The van der Waals surface area contributed by atoms with E-state index in [2.05, 4.69) is 26.2 Å². The SMILES string of the molecule is Cc1ccc(C(=O)NCc2nc(C)c(C)o2)cc1Br. The molecule has 0 spiro atoms. The van der Waals surface area contributed by atoms with Crippen molar-refractivity contribution in [2.75, 3.05) is 0 Å². The summed E-state index contributed by atoms with van der Waals surface area (Å²) in [5.74, 6) is 1.16. The number of hydrogen-bond acceptors (Lipinski definition) is 3. The minimum atomic E-state index is -0.144. The molecule has 0 saturated heterocycles. The van der Waals surface area contributed by atoms with Crippen molar-refractivity contribution in [2.45, 2.75) is 27.3 Å². The van der Waals surface area contributed by atoms with E-state index in [-0.39, 0.29) is 5.91 Å². The fourth-order valence-electron chi connectivity index (χ4n) is 1.61. The average molecular weight is 323 g/mol. The Kier molecular flexibility index (Phi) is 4.04. The topological polar surface area (TPSA) is 55.1 Å². The van der Waals surface area contributed by atoms with Gasteiger partial charge < -0.3 is 9.73 Å². The van der Waals surface area contributed by atoms with Gasteiger partial charge in [0.15, 0.2) is 0 Å². The summed E-state index contributed by atoms with van der Waals surface area (Å²) in [7, 11) is 0. The van der Waals surface area contributed by atoms with Crippen LogP contribution in [-0.2, 0) is 6.54 Å². The number of amides is 1. The molecular weight excluding hydrogens is 308 g/mol. The molecule has 19 heavy (non-hydrogen) atoms. The first-order valence-electron chi connectivity index (χ1n) is 5.94. The second-order valence-corrected chi connectivity index (χ2v) is 5.25. The van der Waals surface area contributed by atoms with E-state index in [9.17, 15) is 4.79 Å². The number of carbonyl (C=O) groups is 1. The predicted octanol–water partition coefficient (Wildman–Crippen LogP) is 3.29. The first-order chi connectivity index (χ1) is 8.97. The van der Waals surface area contributed by atoms with Gasteiger partial charge in [0, 0.05) is 10.0 Å². The van der Waals surface area contributed by atoms with Crippen LogP contribution in [0.15, 0.2) is 27.1 Å². The van der Waals surface area contributed by atoms with Crippen LogP contribution in [0.4, 0.5) is 0 Å². The van der Waals surface area contributed by atoms with Gasteiger partial charge in [0.1, 0.15) is 5.76 Å². The van der Waals surface area contributed by atoms with Gasteiger partial charge in [-0.05, 0) is 38.5 Å². The summed E-state index contributed by atoms with van der Waals surface area (Å²) in [5, 5.41) is 2.79. The first-order valence-corrected chi connectivity index (χ1v) is 6.74. The molecule has 0 aliphatic rings. The maximum absolute atomic E-state index is 12.0. The summed E-state index contributed by atoms with van der Waals surface area (Å²) >= 11 is 3.41. The van der Waals surface area contributed by atoms with Crippen LogP contribution in [0.2, 0.25) is 0 Å². The van der Waals surface area contributed by atoms with Crippen LogP contribution in [0, 0.1) is 20.8 Å². The van der Waals surface area contributed by atoms with E-state index in [4.69, 9.17) is 4.42 Å². The van der Waals surface area contributed by atoms with Crippen LogP contribution in [0.25, 0.3) is 0 Å². The Morgan fingerprint density at radius 3 is 2.68 bits per heavy atom. The van der Waals surface area contributed by atoms with Gasteiger partial charge >= 0.3 is 0 Å². The quantitative estimate of drug-likeness (QED) is 0.943. The Labute approximate surface area is 120 Å². The highest BCUT2D eigenvalue weighted by atomic mass is 79.9. The smallest absolute Gasteiger partial charge is 0.251 e. The van der Waals surface area contributed by atoms with Crippen molar-refractivity contribution >= 4 is 21.8 Å². The summed E-state index contributed by atoms with van der Waals surface area (Å²) in [4.78, 5) is 16.2. The molecule has 0 aliphatic carbocycles. The number of rotatable bonds is 3. The molecule has 1 N–H and O–H groups in total. The third-order valence-corrected chi connectivity index (χ3v) is 3.76. The number of carbonyl (C=O) groups excluding carboxylic acids is 1. The van der Waals surface area contributed by atoms with E-state index in [1.165, 1.54) is 0 Å². The second-order valence-electron chi connectivity index (χ2n) is 4.40. The molecule has 0 radical (unpaired) electrons. The molecule has 0 atom stereocenters. The number of nitrogens with one attached hydrogen (secondary N) is 1. The van der Waals surface area contributed by atoms with Crippen molar-refractivity contribution in [1.29, 1.82) is 0 Å². The highest BCUT2D eigenvalue weighted by Crippen LogP contribution is 2.17. The summed E-state index contributed by atoms with van der Waals surface area (Å²) in [5.41, 5.74) is 2.55. The van der Waals surface area contributed by atoms with Crippen molar-refractivity contribution in [3.8, 4) is 0 Å². The van der Waals surface area contributed by atoms with Crippen molar-refractivity contribution in [1.82, 2.24) is 10.3 Å². The molecule has 4 nitrogen and oxygen atoms in total. The highest BCUT2D eigenvalue weighted by Gasteiger charge is 2.10. The number of hydrogen-bond donors (Lipinski definition) is 1. The molecule has 0 saturated carbocycles. The lowest BCUT2D eigenvalue weighted by molar-refractivity contribution is 0.0947. The van der Waals surface area contributed by atoms with Crippen LogP contribution in [0.3, 0.4) is 0 Å². The van der Waals surface area contributed by atoms with Gasteiger partial charge in [-0.3, -0.25) is 4.79 Å². The number of benzene rings is 1. The number of halogens is 1. The Morgan fingerprint density at radius 2 is 2.11 bits per heavy atom. The number of aromatic nitrogens is 1. The molecule has 1 aromatic heterocycles. The summed E-state index contributed by atoms with van der Waals surface area (Å²) in [6, 6.07) is 5.50. The molecule has 1 heterocycles. The normalized spacial score (nSPS) is 10.5. The molecule has 100 valence electrons. The highest BCUT2D eigenvalue weighted by molar-refractivity contribution is 9.10. The van der Waals surface area contributed by atoms with Crippen molar-refractivity contribution in [2.24, 2.45) is 0 Å². The molecule has 0 bridgehead atoms. The predicted molar refractivity (Wildman–Crippen MR) is 76.0 cm³/mol. The van der Waals surface area contributed by atoms with E-state index in [0.29, 0.717) is 18.0 Å². The Bertz CT molecular complexity index is 600. The second kappa shape index (κ2) is 5.57. The maximum Gasteiger partial charge on any atom is 0.251 e. The van der Waals surface area contributed by atoms with Gasteiger partial charge in [-0.25, -0.2) is 4.98 Å². The molecule has 5 heteroatoms. The van der Waals surface area contributed by atoms with E-state index >= 15 is 0 Å².